The van der Waals surface area contributed by atoms with Gasteiger partial charge in [-0.15, -0.1) is 0 Å². The van der Waals surface area contributed by atoms with Crippen molar-refractivity contribution in [1.29, 1.82) is 0 Å². The Morgan fingerprint density at radius 1 is 1.10 bits per heavy atom. The van der Waals surface area contributed by atoms with Crippen LogP contribution in [-0.4, -0.2) is 11.0 Å². The zero-order valence-corrected chi connectivity index (χ0v) is 12.5. The first-order valence-electron chi connectivity index (χ1n) is 6.70. The normalized spacial score (nSPS) is 10.8. The van der Waals surface area contributed by atoms with Crippen LogP contribution in [0.15, 0.2) is 42.5 Å². The third kappa shape index (κ3) is 4.83. The van der Waals surface area contributed by atoms with Crippen LogP contribution < -0.4 is 10.1 Å². The summed E-state index contributed by atoms with van der Waals surface area (Å²) in [6.07, 6.45) is 0. The van der Waals surface area contributed by atoms with Crippen molar-refractivity contribution >= 4 is 11.6 Å². The highest BCUT2D eigenvalue weighted by atomic mass is 35.5. The van der Waals surface area contributed by atoms with Gasteiger partial charge in [0.1, 0.15) is 12.4 Å². The summed E-state index contributed by atoms with van der Waals surface area (Å²) in [6, 6.07) is 13.8. The molecule has 4 heteroatoms. The number of ether oxygens (including phenoxy) is 1. The molecular formula is C16H19ClN2O. The minimum absolute atomic E-state index is 0.450. The van der Waals surface area contributed by atoms with Gasteiger partial charge in [0.15, 0.2) is 0 Å². The van der Waals surface area contributed by atoms with E-state index in [0.29, 0.717) is 17.7 Å². The minimum atomic E-state index is 0.450. The van der Waals surface area contributed by atoms with Gasteiger partial charge in [0.25, 0.3) is 0 Å². The van der Waals surface area contributed by atoms with Gasteiger partial charge in [0.2, 0.25) is 0 Å². The first kappa shape index (κ1) is 14.8. The van der Waals surface area contributed by atoms with Gasteiger partial charge in [-0.05, 0) is 36.4 Å². The Morgan fingerprint density at radius 2 is 1.80 bits per heavy atom. The minimum Gasteiger partial charge on any atom is -0.487 e. The molecular weight excluding hydrogens is 272 g/mol. The maximum atomic E-state index is 5.84. The summed E-state index contributed by atoms with van der Waals surface area (Å²) >= 11 is 5.84. The number of nitrogens with one attached hydrogen (secondary N) is 1. The van der Waals surface area contributed by atoms with E-state index in [9.17, 15) is 0 Å². The van der Waals surface area contributed by atoms with Crippen molar-refractivity contribution in [3.05, 3.63) is 58.9 Å². The predicted octanol–water partition coefficient (Wildman–Crippen LogP) is 3.81. The summed E-state index contributed by atoms with van der Waals surface area (Å²) in [6.45, 7) is 5.46. The van der Waals surface area contributed by atoms with Crippen LogP contribution in [-0.2, 0) is 13.2 Å². The SMILES string of the molecule is CC(C)NCc1cccc(COc2ccc(Cl)cc2)n1. The second kappa shape index (κ2) is 7.27. The van der Waals surface area contributed by atoms with E-state index >= 15 is 0 Å². The lowest BCUT2D eigenvalue weighted by molar-refractivity contribution is 0.301. The van der Waals surface area contributed by atoms with Crippen molar-refractivity contribution in [1.82, 2.24) is 10.3 Å². The number of rotatable bonds is 6. The molecule has 1 N–H and O–H groups in total. The standard InChI is InChI=1S/C16H19ClN2O/c1-12(2)18-10-14-4-3-5-15(19-14)11-20-16-8-6-13(17)7-9-16/h3-9,12,18H,10-11H2,1-2H3. The third-order valence-electron chi connectivity index (χ3n) is 2.76. The number of hydrogen-bond acceptors (Lipinski definition) is 3. The molecule has 1 heterocycles. The molecule has 2 rings (SSSR count). The second-order valence-corrected chi connectivity index (χ2v) is 5.33. The van der Waals surface area contributed by atoms with Gasteiger partial charge in [-0.25, -0.2) is 0 Å². The number of nitrogens with zero attached hydrogens (tertiary/aromatic N) is 1. The van der Waals surface area contributed by atoms with E-state index in [4.69, 9.17) is 16.3 Å². The molecule has 20 heavy (non-hydrogen) atoms. The van der Waals surface area contributed by atoms with Gasteiger partial charge in [-0.2, -0.15) is 0 Å². The average molecular weight is 291 g/mol. The molecule has 0 saturated carbocycles. The molecule has 0 fully saturated rings. The van der Waals surface area contributed by atoms with Crippen LogP contribution in [0.25, 0.3) is 0 Å². The molecule has 0 radical (unpaired) electrons. The van der Waals surface area contributed by atoms with E-state index in [1.165, 1.54) is 0 Å². The van der Waals surface area contributed by atoms with Crippen LogP contribution in [0.4, 0.5) is 0 Å². The molecule has 2 aromatic rings. The number of pyridine rings is 1. The molecule has 0 amide bonds. The zero-order valence-electron chi connectivity index (χ0n) is 11.8. The molecule has 3 nitrogen and oxygen atoms in total. The summed E-state index contributed by atoms with van der Waals surface area (Å²) in [4.78, 5) is 4.56. The lowest BCUT2D eigenvalue weighted by Crippen LogP contribution is -2.22. The monoisotopic (exact) mass is 290 g/mol. The average Bonchev–Trinajstić information content (AvgIpc) is 2.45. The molecule has 1 aromatic carbocycles. The van der Waals surface area contributed by atoms with Gasteiger partial charge in [-0.1, -0.05) is 31.5 Å². The summed E-state index contributed by atoms with van der Waals surface area (Å²) in [5.74, 6) is 0.793. The number of hydrogen-bond donors (Lipinski definition) is 1. The molecule has 0 aliphatic rings. The summed E-state index contributed by atoms with van der Waals surface area (Å²) in [7, 11) is 0. The Balaban J connectivity index is 1.92. The third-order valence-corrected chi connectivity index (χ3v) is 3.01. The molecule has 0 unspecified atom stereocenters. The van der Waals surface area contributed by atoms with Crippen LogP contribution in [0.2, 0.25) is 5.02 Å². The Labute approximate surface area is 124 Å². The maximum absolute atomic E-state index is 5.84. The highest BCUT2D eigenvalue weighted by Gasteiger charge is 2.01. The Kier molecular flexibility index (Phi) is 5.39. The molecule has 1 aromatic heterocycles. The van der Waals surface area contributed by atoms with Crippen molar-refractivity contribution in [3.8, 4) is 5.75 Å². The highest BCUT2D eigenvalue weighted by molar-refractivity contribution is 6.30. The van der Waals surface area contributed by atoms with E-state index in [0.717, 1.165) is 23.7 Å². The van der Waals surface area contributed by atoms with E-state index in [2.05, 4.69) is 24.1 Å². The molecule has 0 aliphatic carbocycles. The van der Waals surface area contributed by atoms with Crippen molar-refractivity contribution in [2.75, 3.05) is 0 Å². The van der Waals surface area contributed by atoms with E-state index < -0.39 is 0 Å². The fourth-order valence-corrected chi connectivity index (χ4v) is 1.83. The molecule has 0 aliphatic heterocycles. The number of benzene rings is 1. The van der Waals surface area contributed by atoms with Crippen molar-refractivity contribution in [2.24, 2.45) is 0 Å². The molecule has 0 saturated heterocycles. The molecule has 0 bridgehead atoms. The summed E-state index contributed by atoms with van der Waals surface area (Å²) < 4.78 is 5.69. The summed E-state index contributed by atoms with van der Waals surface area (Å²) in [5, 5.41) is 4.06. The smallest absolute Gasteiger partial charge is 0.130 e. The Bertz CT molecular complexity index is 540. The van der Waals surface area contributed by atoms with Crippen LogP contribution in [0.3, 0.4) is 0 Å². The molecule has 106 valence electrons. The number of halogens is 1. The van der Waals surface area contributed by atoms with E-state index in [1.807, 2.05) is 42.5 Å². The first-order chi connectivity index (χ1) is 9.63. The van der Waals surface area contributed by atoms with E-state index in [1.54, 1.807) is 0 Å². The molecule has 0 atom stereocenters. The highest BCUT2D eigenvalue weighted by Crippen LogP contribution is 2.16. The maximum Gasteiger partial charge on any atom is 0.130 e. The largest absolute Gasteiger partial charge is 0.487 e. The zero-order chi connectivity index (χ0) is 14.4. The van der Waals surface area contributed by atoms with Crippen LogP contribution >= 0.6 is 11.6 Å². The summed E-state index contributed by atoms with van der Waals surface area (Å²) in [5.41, 5.74) is 1.94. The lowest BCUT2D eigenvalue weighted by atomic mass is 10.3. The van der Waals surface area contributed by atoms with Crippen molar-refractivity contribution in [2.45, 2.75) is 33.0 Å². The van der Waals surface area contributed by atoms with Gasteiger partial charge in [0.05, 0.1) is 11.4 Å². The first-order valence-corrected chi connectivity index (χ1v) is 7.08. The Morgan fingerprint density at radius 3 is 2.50 bits per heavy atom. The van der Waals surface area contributed by atoms with Crippen molar-refractivity contribution < 1.29 is 4.74 Å². The van der Waals surface area contributed by atoms with Gasteiger partial charge in [-0.3, -0.25) is 4.98 Å². The second-order valence-electron chi connectivity index (χ2n) is 4.90. The molecule has 0 spiro atoms. The van der Waals surface area contributed by atoms with E-state index in [-0.39, 0.29) is 0 Å². The predicted molar refractivity (Wildman–Crippen MR) is 82.0 cm³/mol. The van der Waals surface area contributed by atoms with Crippen molar-refractivity contribution in [3.63, 3.8) is 0 Å². The van der Waals surface area contributed by atoms with Crippen LogP contribution in [0.1, 0.15) is 25.2 Å². The lowest BCUT2D eigenvalue weighted by Gasteiger charge is -2.09. The van der Waals surface area contributed by atoms with Gasteiger partial charge in [0, 0.05) is 17.6 Å². The van der Waals surface area contributed by atoms with Gasteiger partial charge >= 0.3 is 0 Å². The topological polar surface area (TPSA) is 34.1 Å². The number of aromatic nitrogens is 1. The van der Waals surface area contributed by atoms with Gasteiger partial charge < -0.3 is 10.1 Å². The fourth-order valence-electron chi connectivity index (χ4n) is 1.70. The fraction of sp³-hybridized carbons (Fsp3) is 0.312. The van der Waals surface area contributed by atoms with Crippen LogP contribution in [0, 0.1) is 0 Å². The Hall–Kier alpha value is -1.58. The quantitative estimate of drug-likeness (QED) is 0.878. The van der Waals surface area contributed by atoms with Crippen LogP contribution in [0.5, 0.6) is 5.75 Å².